The number of nitrogens with one attached hydrogen (secondary N) is 1. The Bertz CT molecular complexity index is 1200. The van der Waals surface area contributed by atoms with Crippen LogP contribution in [0.3, 0.4) is 0 Å². The summed E-state index contributed by atoms with van der Waals surface area (Å²) in [6.45, 7) is 2.01. The molecule has 0 saturated heterocycles. The Hall–Kier alpha value is -2.90. The Morgan fingerprint density at radius 3 is 2.85 bits per heavy atom. The number of aromatic nitrogens is 1. The lowest BCUT2D eigenvalue weighted by molar-refractivity contribution is 1.16. The maximum atomic E-state index is 9.21. The van der Waals surface area contributed by atoms with Crippen molar-refractivity contribution in [3.05, 3.63) is 64.7 Å². The van der Waals surface area contributed by atoms with Crippen LogP contribution in [0.4, 0.5) is 11.4 Å². The first-order chi connectivity index (χ1) is 12.7. The number of nitriles is 1. The minimum atomic E-state index is 0.667. The number of pyridine rings is 1. The molecule has 2 heterocycles. The van der Waals surface area contributed by atoms with E-state index in [0.717, 1.165) is 33.8 Å². The molecule has 0 bridgehead atoms. The molecule has 4 heteroatoms. The molecule has 1 fully saturated rings. The van der Waals surface area contributed by atoms with Gasteiger partial charge in [-0.15, -0.1) is 11.3 Å². The van der Waals surface area contributed by atoms with Crippen LogP contribution in [0, 0.1) is 18.3 Å². The van der Waals surface area contributed by atoms with E-state index in [0.29, 0.717) is 5.56 Å². The van der Waals surface area contributed by atoms with E-state index in [1.165, 1.54) is 28.5 Å². The highest BCUT2D eigenvalue weighted by molar-refractivity contribution is 7.17. The summed E-state index contributed by atoms with van der Waals surface area (Å²) in [6.07, 6.45) is 4.47. The van der Waals surface area contributed by atoms with Gasteiger partial charge in [0.15, 0.2) is 0 Å². The first kappa shape index (κ1) is 15.4. The summed E-state index contributed by atoms with van der Waals surface area (Å²) in [7, 11) is 0. The van der Waals surface area contributed by atoms with E-state index < -0.39 is 0 Å². The minimum absolute atomic E-state index is 0.667. The third-order valence-corrected chi connectivity index (χ3v) is 5.93. The van der Waals surface area contributed by atoms with Crippen molar-refractivity contribution in [3.63, 3.8) is 0 Å². The smallest absolute Gasteiger partial charge is 0.0992 e. The molecule has 0 radical (unpaired) electrons. The topological polar surface area (TPSA) is 48.7 Å². The van der Waals surface area contributed by atoms with E-state index in [2.05, 4.69) is 39.9 Å². The average Bonchev–Trinajstić information content (AvgIpc) is 3.40. The molecule has 0 unspecified atom stereocenters. The molecule has 0 atom stereocenters. The molecule has 0 spiro atoms. The average molecular weight is 355 g/mol. The number of fused-ring (bicyclic) bond motifs is 2. The Balaban J connectivity index is 1.63. The van der Waals surface area contributed by atoms with Crippen LogP contribution in [0.25, 0.3) is 21.0 Å². The monoisotopic (exact) mass is 355 g/mol. The van der Waals surface area contributed by atoms with Gasteiger partial charge >= 0.3 is 0 Å². The van der Waals surface area contributed by atoms with Gasteiger partial charge in [0.05, 0.1) is 17.1 Å². The molecule has 1 aliphatic rings. The molecule has 26 heavy (non-hydrogen) atoms. The maximum Gasteiger partial charge on any atom is 0.0992 e. The predicted molar refractivity (Wildman–Crippen MR) is 108 cm³/mol. The lowest BCUT2D eigenvalue weighted by Crippen LogP contribution is -1.94. The molecule has 2 aromatic carbocycles. The fourth-order valence-electron chi connectivity index (χ4n) is 3.58. The maximum absolute atomic E-state index is 9.21. The van der Waals surface area contributed by atoms with Gasteiger partial charge in [-0.3, -0.25) is 4.98 Å². The van der Waals surface area contributed by atoms with Crippen LogP contribution < -0.4 is 5.32 Å². The highest BCUT2D eigenvalue weighted by Gasteiger charge is 2.26. The number of anilines is 2. The molecular formula is C22H17N3S. The second kappa shape index (κ2) is 5.82. The van der Waals surface area contributed by atoms with E-state index in [1.807, 2.05) is 42.7 Å². The van der Waals surface area contributed by atoms with Gasteiger partial charge in [0, 0.05) is 27.7 Å². The summed E-state index contributed by atoms with van der Waals surface area (Å²) in [6, 6.07) is 14.5. The summed E-state index contributed by atoms with van der Waals surface area (Å²) < 4.78 is 1.32. The summed E-state index contributed by atoms with van der Waals surface area (Å²) in [5, 5.41) is 17.5. The van der Waals surface area contributed by atoms with Crippen molar-refractivity contribution in [3.8, 4) is 6.07 Å². The fourth-order valence-corrected chi connectivity index (χ4v) is 4.64. The van der Waals surface area contributed by atoms with Crippen LogP contribution in [0.2, 0.25) is 0 Å². The second-order valence-corrected chi connectivity index (χ2v) is 7.93. The van der Waals surface area contributed by atoms with Crippen LogP contribution in [-0.4, -0.2) is 4.98 Å². The van der Waals surface area contributed by atoms with Crippen molar-refractivity contribution in [1.29, 1.82) is 5.26 Å². The number of rotatable bonds is 3. The number of thiophene rings is 1. The molecule has 5 rings (SSSR count). The third kappa shape index (κ3) is 2.61. The SMILES string of the molecule is Cc1cc(C#N)cc(Nc2ccnc3cc4c(C5CC5)csc4cc23)c1. The number of benzene rings is 2. The molecule has 1 saturated carbocycles. The van der Waals surface area contributed by atoms with Gasteiger partial charge in [0.25, 0.3) is 0 Å². The van der Waals surface area contributed by atoms with Gasteiger partial charge in [-0.25, -0.2) is 0 Å². The van der Waals surface area contributed by atoms with Crippen molar-refractivity contribution in [2.45, 2.75) is 25.7 Å². The molecule has 0 aliphatic heterocycles. The number of aryl methyl sites for hydroxylation is 1. The van der Waals surface area contributed by atoms with Crippen LogP contribution in [0.5, 0.6) is 0 Å². The highest BCUT2D eigenvalue weighted by atomic mass is 32.1. The highest BCUT2D eigenvalue weighted by Crippen LogP contribution is 2.46. The first-order valence-electron chi connectivity index (χ1n) is 8.80. The van der Waals surface area contributed by atoms with Crippen molar-refractivity contribution < 1.29 is 0 Å². The minimum Gasteiger partial charge on any atom is -0.355 e. The molecule has 0 amide bonds. The zero-order chi connectivity index (χ0) is 17.7. The van der Waals surface area contributed by atoms with Crippen LogP contribution >= 0.6 is 11.3 Å². The molecule has 126 valence electrons. The summed E-state index contributed by atoms with van der Waals surface area (Å²) in [4.78, 5) is 4.60. The van der Waals surface area contributed by atoms with Crippen molar-refractivity contribution in [2.75, 3.05) is 5.32 Å². The van der Waals surface area contributed by atoms with E-state index in [4.69, 9.17) is 0 Å². The van der Waals surface area contributed by atoms with Crippen LogP contribution in [-0.2, 0) is 0 Å². The Kier molecular flexibility index (Phi) is 3.44. The quantitative estimate of drug-likeness (QED) is 0.472. The Morgan fingerprint density at radius 1 is 1.15 bits per heavy atom. The zero-order valence-corrected chi connectivity index (χ0v) is 15.2. The van der Waals surface area contributed by atoms with Crippen molar-refractivity contribution in [2.24, 2.45) is 0 Å². The van der Waals surface area contributed by atoms with Crippen molar-refractivity contribution >= 4 is 43.7 Å². The van der Waals surface area contributed by atoms with E-state index in [9.17, 15) is 5.26 Å². The summed E-state index contributed by atoms with van der Waals surface area (Å²) >= 11 is 1.82. The zero-order valence-electron chi connectivity index (χ0n) is 14.4. The van der Waals surface area contributed by atoms with Crippen molar-refractivity contribution in [1.82, 2.24) is 4.98 Å². The third-order valence-electron chi connectivity index (χ3n) is 4.97. The second-order valence-electron chi connectivity index (χ2n) is 7.01. The normalized spacial score (nSPS) is 13.8. The van der Waals surface area contributed by atoms with Gasteiger partial charge in [-0.2, -0.15) is 5.26 Å². The molecule has 3 nitrogen and oxygen atoms in total. The Morgan fingerprint density at radius 2 is 2.04 bits per heavy atom. The van der Waals surface area contributed by atoms with Gasteiger partial charge < -0.3 is 5.32 Å². The standard InChI is InChI=1S/C22H17N3S/c1-13-6-14(11-23)8-16(7-13)25-20-4-5-24-21-9-17-19(15-2-3-15)12-26-22(17)10-18(20)21/h4-10,12,15H,2-3H2,1H3,(H,24,25). The fraction of sp³-hybridized carbons (Fsp3) is 0.182. The van der Waals surface area contributed by atoms with Crippen LogP contribution in [0.15, 0.2) is 48.0 Å². The van der Waals surface area contributed by atoms with Crippen LogP contribution in [0.1, 0.15) is 35.4 Å². The lowest BCUT2D eigenvalue weighted by Gasteiger charge is -2.11. The summed E-state index contributed by atoms with van der Waals surface area (Å²) in [5.41, 5.74) is 6.19. The largest absolute Gasteiger partial charge is 0.355 e. The summed E-state index contributed by atoms with van der Waals surface area (Å²) in [5.74, 6) is 0.749. The predicted octanol–water partition coefficient (Wildman–Crippen LogP) is 6.25. The first-order valence-corrected chi connectivity index (χ1v) is 9.68. The van der Waals surface area contributed by atoms with Gasteiger partial charge in [0.1, 0.15) is 0 Å². The molecule has 2 aromatic heterocycles. The van der Waals surface area contributed by atoms with Gasteiger partial charge in [-0.05, 0) is 84.0 Å². The van der Waals surface area contributed by atoms with Gasteiger partial charge in [0.2, 0.25) is 0 Å². The number of hydrogen-bond donors (Lipinski definition) is 1. The molecule has 1 N–H and O–H groups in total. The molecule has 1 aliphatic carbocycles. The Labute approximate surface area is 155 Å². The lowest BCUT2D eigenvalue weighted by atomic mass is 10.1. The molecular weight excluding hydrogens is 338 g/mol. The van der Waals surface area contributed by atoms with E-state index >= 15 is 0 Å². The van der Waals surface area contributed by atoms with E-state index in [-0.39, 0.29) is 0 Å². The number of nitrogens with zero attached hydrogens (tertiary/aromatic N) is 2. The number of hydrogen-bond acceptors (Lipinski definition) is 4. The van der Waals surface area contributed by atoms with Gasteiger partial charge in [-0.1, -0.05) is 0 Å². The van der Waals surface area contributed by atoms with E-state index in [1.54, 1.807) is 0 Å². The molecule has 4 aromatic rings.